The van der Waals surface area contributed by atoms with Crippen LogP contribution in [0.1, 0.15) is 42.1 Å². The van der Waals surface area contributed by atoms with Crippen LogP contribution in [0.5, 0.6) is 0 Å². The fraction of sp³-hybridized carbons (Fsp3) is 0.381. The Morgan fingerprint density at radius 2 is 1.64 bits per heavy atom. The minimum atomic E-state index is -0.241. The highest BCUT2D eigenvalue weighted by Crippen LogP contribution is 2.22. The van der Waals surface area contributed by atoms with Crippen LogP contribution in [0.15, 0.2) is 36.4 Å². The molecule has 0 saturated carbocycles. The number of carbonyl (C=O) groups is 1. The topological polar surface area (TPSA) is 45.7 Å². The number of nitrogens with one attached hydrogen (secondary N) is 1. The molecule has 0 fully saturated rings. The molecule has 25 heavy (non-hydrogen) atoms. The summed E-state index contributed by atoms with van der Waals surface area (Å²) in [6, 6.07) is 10.8. The molecular weight excluding hydrogens is 315 g/mol. The molecule has 0 aliphatic carbocycles. The second kappa shape index (κ2) is 8.26. The first-order valence-corrected chi connectivity index (χ1v) is 8.74. The van der Waals surface area contributed by atoms with Crippen LogP contribution in [0.25, 0.3) is 0 Å². The van der Waals surface area contributed by atoms with Gasteiger partial charge in [0.15, 0.2) is 6.54 Å². The van der Waals surface area contributed by atoms with Crippen molar-refractivity contribution in [3.8, 4) is 0 Å². The Kier molecular flexibility index (Phi) is 6.32. The molecule has 0 radical (unpaired) electrons. The Morgan fingerprint density at radius 1 is 1.08 bits per heavy atom. The molecule has 2 aromatic rings. The van der Waals surface area contributed by atoms with E-state index >= 15 is 0 Å². The Bertz CT molecular complexity index is 715. The fourth-order valence-electron chi connectivity index (χ4n) is 3.28. The van der Waals surface area contributed by atoms with Gasteiger partial charge in [0, 0.05) is 17.2 Å². The lowest BCUT2D eigenvalue weighted by Crippen LogP contribution is -2.88. The van der Waals surface area contributed by atoms with Gasteiger partial charge in [-0.1, -0.05) is 43.7 Å². The monoisotopic (exact) mass is 343 g/mol. The number of hydrogen-bond acceptors (Lipinski definition) is 1. The molecule has 0 aromatic heterocycles. The number of quaternary nitrogens is 1. The van der Waals surface area contributed by atoms with E-state index in [4.69, 9.17) is 0 Å². The highest BCUT2D eigenvalue weighted by Gasteiger charge is 2.21. The lowest BCUT2D eigenvalue weighted by Gasteiger charge is -2.20. The molecule has 2 aromatic carbocycles. The van der Waals surface area contributed by atoms with E-state index in [1.54, 1.807) is 12.1 Å². The zero-order valence-corrected chi connectivity index (χ0v) is 15.7. The minimum Gasteiger partial charge on any atom is -0.332 e. The summed E-state index contributed by atoms with van der Waals surface area (Å²) in [5, 5.41) is 5.05. The van der Waals surface area contributed by atoms with E-state index in [9.17, 15) is 9.18 Å². The molecule has 2 rings (SSSR count). The average Bonchev–Trinajstić information content (AvgIpc) is 2.52. The molecule has 0 saturated heterocycles. The molecule has 0 unspecified atom stereocenters. The Morgan fingerprint density at radius 3 is 2.16 bits per heavy atom. The van der Waals surface area contributed by atoms with Crippen LogP contribution < -0.4 is 10.6 Å². The number of aryl methyl sites for hydroxylation is 3. The number of halogens is 1. The third-order valence-electron chi connectivity index (χ3n) is 4.47. The predicted octanol–water partition coefficient (Wildman–Crippen LogP) is 3.65. The van der Waals surface area contributed by atoms with Gasteiger partial charge in [-0.3, -0.25) is 4.79 Å². The van der Waals surface area contributed by atoms with Crippen molar-refractivity contribution in [2.24, 2.45) is 5.92 Å². The highest BCUT2D eigenvalue weighted by molar-refractivity contribution is 5.93. The fourth-order valence-corrected chi connectivity index (χ4v) is 3.28. The average molecular weight is 343 g/mol. The Hall–Kier alpha value is -2.20. The summed E-state index contributed by atoms with van der Waals surface area (Å²) >= 11 is 0. The maximum atomic E-state index is 13.1. The number of rotatable bonds is 6. The molecular formula is C21H28FN2O+. The van der Waals surface area contributed by atoms with Crippen molar-refractivity contribution in [1.82, 2.24) is 0 Å². The Labute approximate surface area is 149 Å². The van der Waals surface area contributed by atoms with Crippen molar-refractivity contribution in [2.45, 2.75) is 40.7 Å². The van der Waals surface area contributed by atoms with Crippen LogP contribution in [0, 0.1) is 32.5 Å². The van der Waals surface area contributed by atoms with Gasteiger partial charge in [0.1, 0.15) is 11.9 Å². The second-order valence-electron chi connectivity index (χ2n) is 7.08. The number of benzene rings is 2. The summed E-state index contributed by atoms with van der Waals surface area (Å²) in [5.74, 6) is 0.0678. The molecule has 0 heterocycles. The molecule has 1 atom stereocenters. The van der Waals surface area contributed by atoms with E-state index in [0.717, 1.165) is 22.4 Å². The third kappa shape index (κ3) is 5.13. The standard InChI is InChI=1S/C21H27FN2O/c1-13(2)20(17-6-8-18(22)9-7-17)23-12-19(25)24-21-15(4)10-14(3)11-16(21)5/h6-11,13,20,23H,12H2,1-5H3,(H,24,25)/p+1/t20-/m0/s1. The SMILES string of the molecule is Cc1cc(C)c(NC(=O)C[NH2+][C@H](c2ccc(F)cc2)C(C)C)c(C)c1. The van der Waals surface area contributed by atoms with E-state index in [2.05, 4.69) is 38.2 Å². The molecule has 1 amide bonds. The van der Waals surface area contributed by atoms with Gasteiger partial charge in [0.25, 0.3) is 5.91 Å². The van der Waals surface area contributed by atoms with Gasteiger partial charge in [-0.15, -0.1) is 0 Å². The maximum Gasteiger partial charge on any atom is 0.279 e. The van der Waals surface area contributed by atoms with Crippen molar-refractivity contribution in [3.05, 3.63) is 64.5 Å². The van der Waals surface area contributed by atoms with E-state index in [0.29, 0.717) is 12.5 Å². The summed E-state index contributed by atoms with van der Waals surface area (Å²) < 4.78 is 13.1. The van der Waals surface area contributed by atoms with Gasteiger partial charge in [-0.2, -0.15) is 0 Å². The van der Waals surface area contributed by atoms with Crippen molar-refractivity contribution < 1.29 is 14.5 Å². The normalized spacial score (nSPS) is 12.3. The maximum absolute atomic E-state index is 13.1. The quantitative estimate of drug-likeness (QED) is 0.826. The van der Waals surface area contributed by atoms with Crippen LogP contribution in [-0.4, -0.2) is 12.5 Å². The van der Waals surface area contributed by atoms with Gasteiger partial charge in [-0.05, 0) is 44.0 Å². The largest absolute Gasteiger partial charge is 0.332 e. The zero-order chi connectivity index (χ0) is 18.6. The first-order valence-electron chi connectivity index (χ1n) is 8.74. The zero-order valence-electron chi connectivity index (χ0n) is 15.7. The Balaban J connectivity index is 2.03. The second-order valence-corrected chi connectivity index (χ2v) is 7.08. The third-order valence-corrected chi connectivity index (χ3v) is 4.47. The summed E-state index contributed by atoms with van der Waals surface area (Å²) in [6.45, 7) is 10.6. The summed E-state index contributed by atoms with van der Waals surface area (Å²) in [4.78, 5) is 12.4. The lowest BCUT2D eigenvalue weighted by molar-refractivity contribution is -0.692. The van der Waals surface area contributed by atoms with Crippen molar-refractivity contribution in [3.63, 3.8) is 0 Å². The molecule has 0 bridgehead atoms. The number of hydrogen-bond donors (Lipinski definition) is 2. The van der Waals surface area contributed by atoms with Gasteiger partial charge in [0.05, 0.1) is 0 Å². The van der Waals surface area contributed by atoms with Crippen LogP contribution in [-0.2, 0) is 4.79 Å². The van der Waals surface area contributed by atoms with E-state index in [1.807, 2.05) is 19.2 Å². The van der Waals surface area contributed by atoms with E-state index < -0.39 is 0 Å². The smallest absolute Gasteiger partial charge is 0.279 e. The van der Waals surface area contributed by atoms with Crippen LogP contribution >= 0.6 is 0 Å². The lowest BCUT2D eigenvalue weighted by atomic mass is 9.96. The number of carbonyl (C=O) groups excluding carboxylic acids is 1. The van der Waals surface area contributed by atoms with Gasteiger partial charge in [-0.25, -0.2) is 4.39 Å². The molecule has 0 aliphatic rings. The molecule has 3 N–H and O–H groups in total. The summed E-state index contributed by atoms with van der Waals surface area (Å²) in [6.07, 6.45) is 0. The molecule has 0 spiro atoms. The number of anilines is 1. The number of nitrogens with two attached hydrogens (primary N) is 1. The van der Waals surface area contributed by atoms with E-state index in [-0.39, 0.29) is 17.8 Å². The van der Waals surface area contributed by atoms with Crippen LogP contribution in [0.2, 0.25) is 0 Å². The van der Waals surface area contributed by atoms with Crippen molar-refractivity contribution in [2.75, 3.05) is 11.9 Å². The molecule has 134 valence electrons. The van der Waals surface area contributed by atoms with Gasteiger partial charge >= 0.3 is 0 Å². The van der Waals surface area contributed by atoms with Gasteiger partial charge in [0.2, 0.25) is 0 Å². The van der Waals surface area contributed by atoms with E-state index in [1.165, 1.54) is 17.7 Å². The van der Waals surface area contributed by atoms with Crippen molar-refractivity contribution in [1.29, 1.82) is 0 Å². The first kappa shape index (κ1) is 19.1. The predicted molar refractivity (Wildman–Crippen MR) is 100 cm³/mol. The minimum absolute atomic E-state index is 0.0252. The molecule has 3 nitrogen and oxygen atoms in total. The molecule has 4 heteroatoms. The number of amides is 1. The summed E-state index contributed by atoms with van der Waals surface area (Å²) in [7, 11) is 0. The van der Waals surface area contributed by atoms with Crippen LogP contribution in [0.4, 0.5) is 10.1 Å². The summed E-state index contributed by atoms with van der Waals surface area (Å²) in [5.41, 5.74) is 5.27. The van der Waals surface area contributed by atoms with Crippen LogP contribution in [0.3, 0.4) is 0 Å². The first-order chi connectivity index (χ1) is 11.8. The molecule has 0 aliphatic heterocycles. The van der Waals surface area contributed by atoms with Crippen molar-refractivity contribution >= 4 is 11.6 Å². The van der Waals surface area contributed by atoms with Gasteiger partial charge < -0.3 is 10.6 Å². The highest BCUT2D eigenvalue weighted by atomic mass is 19.1.